The van der Waals surface area contributed by atoms with Gasteiger partial charge < -0.3 is 0 Å². The molecule has 2 unspecified atom stereocenters. The standard InChI is InChI=1S/C21H33OS/c1-4-6-8-19-14-23(15-20(19)9-7-5-2)16-21(22)18-12-10-17(3)11-13-18/h10-13,19-20H,4-9,14-16H2,1-3H3/q+1. The van der Waals surface area contributed by atoms with Crippen molar-refractivity contribution in [3.63, 3.8) is 0 Å². The Labute approximate surface area is 145 Å². The number of ketones is 1. The van der Waals surface area contributed by atoms with Crippen molar-refractivity contribution in [3.8, 4) is 0 Å². The fraction of sp³-hybridized carbons (Fsp3) is 0.667. The number of carbonyl (C=O) groups is 1. The van der Waals surface area contributed by atoms with Crippen molar-refractivity contribution >= 4 is 16.7 Å². The van der Waals surface area contributed by atoms with Crippen LogP contribution in [0.25, 0.3) is 0 Å². The van der Waals surface area contributed by atoms with Gasteiger partial charge in [0.1, 0.15) is 11.5 Å². The molecule has 1 aliphatic rings. The zero-order chi connectivity index (χ0) is 16.7. The molecule has 1 aromatic rings. The summed E-state index contributed by atoms with van der Waals surface area (Å²) in [7, 11) is 0.320. The summed E-state index contributed by atoms with van der Waals surface area (Å²) >= 11 is 0. The van der Waals surface area contributed by atoms with E-state index in [2.05, 4.69) is 32.9 Å². The van der Waals surface area contributed by atoms with Gasteiger partial charge in [-0.1, -0.05) is 69.4 Å². The van der Waals surface area contributed by atoms with Crippen molar-refractivity contribution in [1.82, 2.24) is 0 Å². The van der Waals surface area contributed by atoms with Gasteiger partial charge in [0.25, 0.3) is 0 Å². The van der Waals surface area contributed by atoms with Gasteiger partial charge in [-0.25, -0.2) is 0 Å². The molecule has 23 heavy (non-hydrogen) atoms. The van der Waals surface area contributed by atoms with Gasteiger partial charge in [0.2, 0.25) is 5.78 Å². The minimum absolute atomic E-state index is 0.320. The van der Waals surface area contributed by atoms with Crippen LogP contribution in [0.1, 0.15) is 68.3 Å². The largest absolute Gasteiger partial charge is 0.289 e. The Morgan fingerprint density at radius 3 is 2.00 bits per heavy atom. The molecule has 0 N–H and O–H groups in total. The molecule has 128 valence electrons. The van der Waals surface area contributed by atoms with E-state index in [0.717, 1.165) is 23.2 Å². The Morgan fingerprint density at radius 2 is 1.52 bits per heavy atom. The first-order valence-corrected chi connectivity index (χ1v) is 11.1. The molecule has 1 aromatic carbocycles. The summed E-state index contributed by atoms with van der Waals surface area (Å²) in [6.45, 7) is 6.65. The third-order valence-electron chi connectivity index (χ3n) is 5.13. The monoisotopic (exact) mass is 333 g/mol. The number of unbranched alkanes of at least 4 members (excludes halogenated alkanes) is 2. The van der Waals surface area contributed by atoms with Crippen molar-refractivity contribution in [2.75, 3.05) is 17.3 Å². The summed E-state index contributed by atoms with van der Waals surface area (Å²) in [5.74, 6) is 5.54. The lowest BCUT2D eigenvalue weighted by Crippen LogP contribution is -2.19. The number of benzene rings is 1. The normalized spacial score (nSPS) is 24.0. The molecule has 1 heterocycles. The molecule has 0 saturated carbocycles. The molecule has 0 aliphatic carbocycles. The van der Waals surface area contributed by atoms with Crippen LogP contribution in [-0.2, 0) is 10.9 Å². The quantitative estimate of drug-likeness (QED) is 0.435. The van der Waals surface area contributed by atoms with Crippen molar-refractivity contribution in [2.45, 2.75) is 59.3 Å². The van der Waals surface area contributed by atoms with Crippen LogP contribution in [0.2, 0.25) is 0 Å². The molecular weight excluding hydrogens is 300 g/mol. The Bertz CT molecular complexity index is 463. The minimum atomic E-state index is 0.320. The summed E-state index contributed by atoms with van der Waals surface area (Å²) < 4.78 is 0. The van der Waals surface area contributed by atoms with Gasteiger partial charge in [-0.05, 0) is 30.7 Å². The smallest absolute Gasteiger partial charge is 0.211 e. The molecule has 0 bridgehead atoms. The van der Waals surface area contributed by atoms with Crippen LogP contribution < -0.4 is 0 Å². The van der Waals surface area contributed by atoms with E-state index in [4.69, 9.17) is 0 Å². The van der Waals surface area contributed by atoms with Crippen LogP contribution in [0.4, 0.5) is 0 Å². The molecule has 1 aliphatic heterocycles. The molecule has 0 spiro atoms. The van der Waals surface area contributed by atoms with E-state index in [0.29, 0.717) is 16.7 Å². The van der Waals surface area contributed by atoms with E-state index in [1.165, 1.54) is 55.6 Å². The number of hydrogen-bond acceptors (Lipinski definition) is 1. The van der Waals surface area contributed by atoms with Crippen molar-refractivity contribution in [2.24, 2.45) is 11.8 Å². The summed E-state index contributed by atoms with van der Waals surface area (Å²) in [4.78, 5) is 12.6. The first-order valence-electron chi connectivity index (χ1n) is 9.38. The zero-order valence-electron chi connectivity index (χ0n) is 15.1. The molecular formula is C21H33OS+. The number of hydrogen-bond donors (Lipinski definition) is 0. The average molecular weight is 334 g/mol. The SMILES string of the molecule is CCCCC1C[S+](CC(=O)c2ccc(C)cc2)CC1CCCC. The van der Waals surface area contributed by atoms with Crippen LogP contribution in [0.5, 0.6) is 0 Å². The topological polar surface area (TPSA) is 17.1 Å². The average Bonchev–Trinajstić information content (AvgIpc) is 2.93. The molecule has 0 aromatic heterocycles. The van der Waals surface area contributed by atoms with Crippen molar-refractivity contribution < 1.29 is 4.79 Å². The molecule has 0 amide bonds. The highest BCUT2D eigenvalue weighted by molar-refractivity contribution is 7.97. The maximum Gasteiger partial charge on any atom is 0.211 e. The Hall–Kier alpha value is -0.760. The first-order chi connectivity index (χ1) is 11.1. The molecule has 1 nitrogen and oxygen atoms in total. The second kappa shape index (κ2) is 9.52. The second-order valence-corrected chi connectivity index (χ2v) is 9.36. The number of carbonyl (C=O) groups excluding carboxylic acids is 1. The molecule has 0 radical (unpaired) electrons. The number of Topliss-reactive ketones (excluding diaryl/α,β-unsaturated/α-hetero) is 1. The van der Waals surface area contributed by atoms with Gasteiger partial charge in [0, 0.05) is 17.4 Å². The third kappa shape index (κ3) is 5.67. The molecule has 2 atom stereocenters. The first kappa shape index (κ1) is 18.6. The van der Waals surface area contributed by atoms with Gasteiger partial charge in [-0.15, -0.1) is 0 Å². The Kier molecular flexibility index (Phi) is 7.69. The summed E-state index contributed by atoms with van der Waals surface area (Å²) in [6, 6.07) is 8.11. The third-order valence-corrected chi connectivity index (χ3v) is 7.60. The lowest BCUT2D eigenvalue weighted by atomic mass is 9.87. The second-order valence-electron chi connectivity index (χ2n) is 7.18. The van der Waals surface area contributed by atoms with E-state index >= 15 is 0 Å². The molecule has 1 saturated heterocycles. The van der Waals surface area contributed by atoms with Crippen LogP contribution >= 0.6 is 0 Å². The van der Waals surface area contributed by atoms with E-state index < -0.39 is 0 Å². The van der Waals surface area contributed by atoms with Crippen LogP contribution in [0.3, 0.4) is 0 Å². The molecule has 2 rings (SSSR count). The van der Waals surface area contributed by atoms with Crippen molar-refractivity contribution in [3.05, 3.63) is 35.4 Å². The maximum atomic E-state index is 12.6. The maximum absolute atomic E-state index is 12.6. The highest BCUT2D eigenvalue weighted by Gasteiger charge is 2.41. The van der Waals surface area contributed by atoms with Gasteiger partial charge in [0.15, 0.2) is 5.75 Å². The van der Waals surface area contributed by atoms with E-state index in [1.807, 2.05) is 12.1 Å². The van der Waals surface area contributed by atoms with Gasteiger partial charge in [-0.2, -0.15) is 0 Å². The predicted molar refractivity (Wildman–Crippen MR) is 104 cm³/mol. The number of aryl methyl sites for hydroxylation is 1. The van der Waals surface area contributed by atoms with Gasteiger partial charge in [0.05, 0.1) is 0 Å². The summed E-state index contributed by atoms with van der Waals surface area (Å²) in [5.41, 5.74) is 2.13. The van der Waals surface area contributed by atoms with E-state index in [9.17, 15) is 4.79 Å². The van der Waals surface area contributed by atoms with E-state index in [-0.39, 0.29) is 0 Å². The highest BCUT2D eigenvalue weighted by Crippen LogP contribution is 2.34. The fourth-order valence-electron chi connectivity index (χ4n) is 3.64. The fourth-order valence-corrected chi connectivity index (χ4v) is 6.64. The highest BCUT2D eigenvalue weighted by atomic mass is 32.2. The van der Waals surface area contributed by atoms with Gasteiger partial charge >= 0.3 is 0 Å². The Balaban J connectivity index is 1.91. The van der Waals surface area contributed by atoms with Gasteiger partial charge in [-0.3, -0.25) is 4.79 Å². The lowest BCUT2D eigenvalue weighted by Gasteiger charge is -2.14. The summed E-state index contributed by atoms with van der Waals surface area (Å²) in [6.07, 6.45) is 8.08. The Morgan fingerprint density at radius 1 is 1.00 bits per heavy atom. The van der Waals surface area contributed by atoms with Crippen LogP contribution in [0, 0.1) is 18.8 Å². The minimum Gasteiger partial charge on any atom is -0.289 e. The number of rotatable bonds is 9. The molecule has 2 heteroatoms. The van der Waals surface area contributed by atoms with Crippen LogP contribution in [-0.4, -0.2) is 23.0 Å². The lowest BCUT2D eigenvalue weighted by molar-refractivity contribution is 0.102. The van der Waals surface area contributed by atoms with Crippen LogP contribution in [0.15, 0.2) is 24.3 Å². The molecule has 1 fully saturated rings. The zero-order valence-corrected chi connectivity index (χ0v) is 16.0. The van der Waals surface area contributed by atoms with Crippen molar-refractivity contribution in [1.29, 1.82) is 0 Å². The van der Waals surface area contributed by atoms with E-state index in [1.54, 1.807) is 0 Å². The summed E-state index contributed by atoms with van der Waals surface area (Å²) in [5, 5.41) is 0. The predicted octanol–water partition coefficient (Wildman–Crippen LogP) is 5.42.